The van der Waals surface area contributed by atoms with Crippen molar-refractivity contribution >= 4 is 0 Å². The van der Waals surface area contributed by atoms with Crippen molar-refractivity contribution in [3.8, 4) is 0 Å². The van der Waals surface area contributed by atoms with Gasteiger partial charge in [0, 0.05) is 0 Å². The van der Waals surface area contributed by atoms with Crippen molar-refractivity contribution < 1.29 is 4.52 Å². The highest BCUT2D eigenvalue weighted by atomic mass is 16.5. The topological polar surface area (TPSA) is 84.9 Å². The lowest BCUT2D eigenvalue weighted by Crippen LogP contribution is -2.08. The van der Waals surface area contributed by atoms with Crippen molar-refractivity contribution in [2.45, 2.75) is 13.0 Å². The first-order valence-corrected chi connectivity index (χ1v) is 2.51. The van der Waals surface area contributed by atoms with E-state index in [1.165, 1.54) is 0 Å². The van der Waals surface area contributed by atoms with E-state index in [-0.39, 0.29) is 11.9 Å². The van der Waals surface area contributed by atoms with Gasteiger partial charge < -0.3 is 10.3 Å². The molecule has 5 nitrogen and oxygen atoms in total. The van der Waals surface area contributed by atoms with Gasteiger partial charge in [0.1, 0.15) is 0 Å². The zero-order valence-corrected chi connectivity index (χ0v) is 4.92. The van der Waals surface area contributed by atoms with Crippen LogP contribution in [0.2, 0.25) is 0 Å². The van der Waals surface area contributed by atoms with Crippen molar-refractivity contribution in [1.29, 1.82) is 0 Å². The molecule has 0 amide bonds. The van der Waals surface area contributed by atoms with E-state index in [2.05, 4.69) is 9.51 Å². The molecule has 0 fully saturated rings. The molecule has 0 saturated heterocycles. The molecule has 0 unspecified atom stereocenters. The minimum Gasteiger partial charge on any atom is -0.360 e. The fourth-order valence-electron chi connectivity index (χ4n) is 0.436. The summed E-state index contributed by atoms with van der Waals surface area (Å²) in [7, 11) is 0. The van der Waals surface area contributed by atoms with Crippen LogP contribution in [0.1, 0.15) is 18.9 Å². The molecule has 1 heterocycles. The minimum atomic E-state index is -0.498. The molecule has 0 aromatic carbocycles. The maximum atomic E-state index is 10.3. The Balaban J connectivity index is 2.98. The van der Waals surface area contributed by atoms with Crippen LogP contribution in [0, 0.1) is 0 Å². The Bertz CT molecular complexity index is 236. The predicted octanol–water partition coefficient (Wildman–Crippen LogP) is -0.617. The molecule has 5 heteroatoms. The molecule has 0 bridgehead atoms. The second-order valence-corrected chi connectivity index (χ2v) is 1.75. The van der Waals surface area contributed by atoms with E-state index < -0.39 is 5.69 Å². The first-order valence-electron chi connectivity index (χ1n) is 2.51. The Morgan fingerprint density at radius 3 is 2.78 bits per heavy atom. The third-order valence-electron chi connectivity index (χ3n) is 0.844. The maximum absolute atomic E-state index is 10.3. The predicted molar refractivity (Wildman–Crippen MR) is 29.7 cm³/mol. The highest BCUT2D eigenvalue weighted by Gasteiger charge is 2.04. The number of nitrogens with one attached hydrogen (secondary N) is 1. The van der Waals surface area contributed by atoms with Gasteiger partial charge in [-0.3, -0.25) is 0 Å². The fourth-order valence-corrected chi connectivity index (χ4v) is 0.436. The molecule has 0 aliphatic rings. The lowest BCUT2D eigenvalue weighted by atomic mass is 10.4. The quantitative estimate of drug-likeness (QED) is 0.529. The molecule has 0 saturated carbocycles. The summed E-state index contributed by atoms with van der Waals surface area (Å²) >= 11 is 0. The van der Waals surface area contributed by atoms with Crippen LogP contribution >= 0.6 is 0 Å². The van der Waals surface area contributed by atoms with Gasteiger partial charge in [-0.1, -0.05) is 0 Å². The van der Waals surface area contributed by atoms with Gasteiger partial charge >= 0.3 is 5.69 Å². The Morgan fingerprint density at radius 1 is 1.89 bits per heavy atom. The Hall–Kier alpha value is -1.10. The van der Waals surface area contributed by atoms with Crippen molar-refractivity contribution in [2.75, 3.05) is 0 Å². The Morgan fingerprint density at radius 2 is 2.56 bits per heavy atom. The molecule has 1 aromatic rings. The van der Waals surface area contributed by atoms with Gasteiger partial charge in [-0.05, 0) is 6.92 Å². The average molecular weight is 129 g/mol. The molecule has 1 aromatic heterocycles. The lowest BCUT2D eigenvalue weighted by molar-refractivity contribution is 0.358. The molecule has 0 radical (unpaired) electrons. The van der Waals surface area contributed by atoms with Crippen LogP contribution in [0.4, 0.5) is 0 Å². The summed E-state index contributed by atoms with van der Waals surface area (Å²) in [4.78, 5) is 13.7. The first kappa shape index (κ1) is 6.03. The summed E-state index contributed by atoms with van der Waals surface area (Å²) < 4.78 is 4.55. The van der Waals surface area contributed by atoms with Crippen LogP contribution in [0.25, 0.3) is 0 Å². The normalized spacial score (nSPS) is 13.6. The number of aromatic amines is 1. The maximum Gasteiger partial charge on any atom is 0.377 e. The molecule has 1 rings (SSSR count). The third kappa shape index (κ3) is 1.17. The summed E-state index contributed by atoms with van der Waals surface area (Å²) in [5.41, 5.74) is 4.81. The molecule has 3 N–H and O–H groups in total. The highest BCUT2D eigenvalue weighted by Crippen LogP contribution is 1.98. The summed E-state index contributed by atoms with van der Waals surface area (Å²) in [6.07, 6.45) is 0. The van der Waals surface area contributed by atoms with E-state index in [0.717, 1.165) is 0 Å². The summed E-state index contributed by atoms with van der Waals surface area (Å²) in [6, 6.07) is -0.330. The van der Waals surface area contributed by atoms with Gasteiger partial charge in [0.15, 0.2) is 0 Å². The van der Waals surface area contributed by atoms with E-state index in [1.807, 2.05) is 5.16 Å². The standard InChI is InChI=1S/C4H7N3O2/c1-2(5)3-6-4(8)7-9-3/h2H,5H2,1H3,(H,7,8)/t2-/m0/s1. The molecule has 0 aliphatic carbocycles. The number of hydrogen-bond acceptors (Lipinski definition) is 4. The molecule has 9 heavy (non-hydrogen) atoms. The van der Waals surface area contributed by atoms with Crippen molar-refractivity contribution in [3.05, 3.63) is 16.4 Å². The van der Waals surface area contributed by atoms with Crippen molar-refractivity contribution in [1.82, 2.24) is 10.1 Å². The van der Waals surface area contributed by atoms with Crippen LogP contribution in [-0.4, -0.2) is 10.1 Å². The largest absolute Gasteiger partial charge is 0.377 e. The zero-order chi connectivity index (χ0) is 6.85. The lowest BCUT2D eigenvalue weighted by Gasteiger charge is -1.91. The average Bonchev–Trinajstić information content (AvgIpc) is 2.14. The summed E-state index contributed by atoms with van der Waals surface area (Å²) in [6.45, 7) is 1.68. The first-order chi connectivity index (χ1) is 4.20. The number of H-pyrrole nitrogens is 1. The van der Waals surface area contributed by atoms with Gasteiger partial charge in [-0.2, -0.15) is 10.1 Å². The van der Waals surface area contributed by atoms with Gasteiger partial charge in [0.25, 0.3) is 0 Å². The molecule has 50 valence electrons. The van der Waals surface area contributed by atoms with Crippen molar-refractivity contribution in [3.63, 3.8) is 0 Å². The second kappa shape index (κ2) is 2.02. The van der Waals surface area contributed by atoms with E-state index in [9.17, 15) is 4.79 Å². The van der Waals surface area contributed by atoms with Crippen LogP contribution in [0.3, 0.4) is 0 Å². The smallest absolute Gasteiger partial charge is 0.360 e. The number of nitrogens with zero attached hydrogens (tertiary/aromatic N) is 1. The number of nitrogens with two attached hydrogens (primary N) is 1. The molecular formula is C4H7N3O2. The summed E-state index contributed by atoms with van der Waals surface area (Å²) in [5.74, 6) is 0.236. The fraction of sp³-hybridized carbons (Fsp3) is 0.500. The van der Waals surface area contributed by atoms with E-state index in [0.29, 0.717) is 0 Å². The van der Waals surface area contributed by atoms with Crippen LogP contribution in [-0.2, 0) is 0 Å². The van der Waals surface area contributed by atoms with Crippen LogP contribution < -0.4 is 11.4 Å². The monoisotopic (exact) mass is 129 g/mol. The van der Waals surface area contributed by atoms with Gasteiger partial charge in [-0.25, -0.2) is 4.79 Å². The van der Waals surface area contributed by atoms with Gasteiger partial charge in [0.05, 0.1) is 6.04 Å². The van der Waals surface area contributed by atoms with Gasteiger partial charge in [0.2, 0.25) is 5.89 Å². The molecule has 0 aliphatic heterocycles. The summed E-state index contributed by atoms with van der Waals surface area (Å²) in [5, 5.41) is 2.03. The highest BCUT2D eigenvalue weighted by molar-refractivity contribution is 4.80. The number of hydrogen-bond donors (Lipinski definition) is 2. The molecule has 0 spiro atoms. The van der Waals surface area contributed by atoms with E-state index in [1.54, 1.807) is 6.92 Å². The minimum absolute atomic E-state index is 0.236. The second-order valence-electron chi connectivity index (χ2n) is 1.75. The third-order valence-corrected chi connectivity index (χ3v) is 0.844. The number of rotatable bonds is 1. The SMILES string of the molecule is C[C@H](N)c1nc(=O)[nH]o1. The zero-order valence-electron chi connectivity index (χ0n) is 4.92. The molecule has 1 atom stereocenters. The van der Waals surface area contributed by atoms with Crippen LogP contribution in [0.15, 0.2) is 9.32 Å². The van der Waals surface area contributed by atoms with E-state index >= 15 is 0 Å². The Labute approximate surface area is 50.8 Å². The van der Waals surface area contributed by atoms with Crippen molar-refractivity contribution in [2.24, 2.45) is 5.73 Å². The van der Waals surface area contributed by atoms with Crippen LogP contribution in [0.5, 0.6) is 0 Å². The molecular weight excluding hydrogens is 122 g/mol. The van der Waals surface area contributed by atoms with Gasteiger partial charge in [-0.15, -0.1) is 0 Å². The Kier molecular flexibility index (Phi) is 1.35. The van der Waals surface area contributed by atoms with E-state index in [4.69, 9.17) is 5.73 Å². The number of aromatic nitrogens is 2.